The van der Waals surface area contributed by atoms with Crippen molar-refractivity contribution in [2.75, 3.05) is 33.7 Å². The van der Waals surface area contributed by atoms with Gasteiger partial charge >= 0.3 is 6.18 Å². The van der Waals surface area contributed by atoms with Crippen LogP contribution in [0.4, 0.5) is 13.2 Å². The number of nitrogens with zero attached hydrogens (tertiary/aromatic N) is 6. The van der Waals surface area contributed by atoms with Crippen LogP contribution in [0.5, 0.6) is 17.4 Å². The standard InChI is InChI=1S/C22H18F3N3O.C19H18N2O3.C8H14N2O3/c1-28-19-7-8-26-12-17(19)16-6-5-13(10-20(16)28)14-9-18(22(23,24)25)21(27-11-14)29-15-3-2-4-15;1-14-9-18(7-4-15(14)13-22)24-19-11-21(12-19)8-2-3-16-5-6-17(23)10-20-16;1-9-8(13)7(4-3-5-11)10(2)6-12/h5-12,15H,2-4H2,1H3;4-7,9-10,13,19,23H,8,11-12H2,1H3;5-7H,3-4H2,1-2H3,(H,9,13). The number of carbonyl (C=O) groups excluding carboxylic acids is 4. The third-order valence-electron chi connectivity index (χ3n) is 11.3. The Morgan fingerprint density at radius 2 is 1.74 bits per heavy atom. The Bertz CT molecular complexity index is 2720. The minimum atomic E-state index is -4.53. The zero-order valence-electron chi connectivity index (χ0n) is 36.9. The van der Waals surface area contributed by atoms with Crippen LogP contribution in [0.2, 0.25) is 0 Å². The maximum atomic E-state index is 13.6. The number of hydrogen-bond acceptors (Lipinski definition) is 11. The van der Waals surface area contributed by atoms with Crippen molar-refractivity contribution in [1.82, 2.24) is 34.6 Å². The molecule has 0 bridgehead atoms. The number of alkyl halides is 3. The summed E-state index contributed by atoms with van der Waals surface area (Å²) in [5.41, 5.74) is 4.45. The molecule has 1 aliphatic carbocycles. The smallest absolute Gasteiger partial charge is 0.421 e. The van der Waals surface area contributed by atoms with Gasteiger partial charge in [0.15, 0.2) is 0 Å². The van der Waals surface area contributed by atoms with Crippen LogP contribution in [0.25, 0.3) is 32.9 Å². The topological polar surface area (TPSA) is 169 Å². The van der Waals surface area contributed by atoms with Crippen molar-refractivity contribution in [2.24, 2.45) is 7.05 Å². The monoisotopic (exact) mass is 905 g/mol. The van der Waals surface area contributed by atoms with Crippen LogP contribution in [0.1, 0.15) is 59.3 Å². The molecule has 4 aromatic heterocycles. The van der Waals surface area contributed by atoms with Crippen LogP contribution in [0.3, 0.4) is 0 Å². The second-order valence-electron chi connectivity index (χ2n) is 15.8. The molecular weight excluding hydrogens is 856 g/mol. The van der Waals surface area contributed by atoms with Gasteiger partial charge in [-0.3, -0.25) is 24.3 Å². The van der Waals surface area contributed by atoms with Gasteiger partial charge in [0.1, 0.15) is 53.6 Å². The van der Waals surface area contributed by atoms with Crippen molar-refractivity contribution in [3.05, 3.63) is 108 Å². The summed E-state index contributed by atoms with van der Waals surface area (Å²) in [5.74, 6) is 6.39. The van der Waals surface area contributed by atoms with E-state index in [1.807, 2.05) is 54.9 Å². The Morgan fingerprint density at radius 3 is 2.38 bits per heavy atom. The minimum Gasteiger partial charge on any atom is -0.506 e. The molecule has 1 saturated carbocycles. The summed E-state index contributed by atoms with van der Waals surface area (Å²) in [6, 6.07) is 16.9. The molecule has 1 saturated heterocycles. The van der Waals surface area contributed by atoms with Gasteiger partial charge in [0.2, 0.25) is 18.2 Å². The molecule has 344 valence electrons. The van der Waals surface area contributed by atoms with E-state index >= 15 is 0 Å². The highest BCUT2D eigenvalue weighted by molar-refractivity contribution is 6.08. The molecule has 1 atom stereocenters. The highest BCUT2D eigenvalue weighted by Crippen LogP contribution is 2.40. The number of benzene rings is 2. The van der Waals surface area contributed by atoms with Crippen molar-refractivity contribution in [2.45, 2.75) is 63.5 Å². The number of likely N-dealkylation sites (tertiary alicyclic amines) is 1. The number of aromatic nitrogens is 4. The lowest BCUT2D eigenvalue weighted by Gasteiger charge is -2.37. The summed E-state index contributed by atoms with van der Waals surface area (Å²) in [4.78, 5) is 58.2. The second-order valence-corrected chi connectivity index (χ2v) is 15.8. The van der Waals surface area contributed by atoms with Crippen molar-refractivity contribution in [3.63, 3.8) is 0 Å². The zero-order chi connectivity index (χ0) is 47.4. The molecule has 2 N–H and O–H groups in total. The molecule has 5 heterocycles. The molecule has 8 rings (SSSR count). The fourth-order valence-corrected chi connectivity index (χ4v) is 7.25. The van der Waals surface area contributed by atoms with E-state index in [4.69, 9.17) is 14.6 Å². The number of ether oxygens (including phenoxy) is 2. The molecule has 1 aliphatic heterocycles. The molecule has 2 amide bonds. The van der Waals surface area contributed by atoms with Crippen LogP contribution in [-0.2, 0) is 27.6 Å². The number of aldehydes is 2. The largest absolute Gasteiger partial charge is 0.506 e. The Balaban J connectivity index is 0.000000176. The number of aromatic hydroxyl groups is 1. The number of pyridine rings is 3. The number of likely N-dealkylation sites (N-methyl/N-ethyl adjacent to an activating group) is 2. The number of rotatable bonds is 13. The van der Waals surface area contributed by atoms with Crippen LogP contribution < -0.4 is 14.8 Å². The predicted molar refractivity (Wildman–Crippen MR) is 242 cm³/mol. The first kappa shape index (κ1) is 48.1. The molecule has 1 unspecified atom stereocenters. The van der Waals surface area contributed by atoms with Crippen molar-refractivity contribution >= 4 is 46.7 Å². The lowest BCUT2D eigenvalue weighted by atomic mass is 9.96. The molecule has 0 spiro atoms. The molecule has 2 aromatic carbocycles. The molecule has 66 heavy (non-hydrogen) atoms. The van der Waals surface area contributed by atoms with Gasteiger partial charge < -0.3 is 34.2 Å². The quantitative estimate of drug-likeness (QED) is 0.0911. The van der Waals surface area contributed by atoms with Gasteiger partial charge in [-0.15, -0.1) is 0 Å². The minimum absolute atomic E-state index is 0.139. The predicted octanol–water partition coefficient (Wildman–Crippen LogP) is 6.93. The van der Waals surface area contributed by atoms with Crippen LogP contribution in [-0.4, -0.2) is 111 Å². The van der Waals surface area contributed by atoms with Crippen LogP contribution in [0.15, 0.2) is 85.5 Å². The number of carbonyl (C=O) groups is 4. The lowest BCUT2D eigenvalue weighted by molar-refractivity contribution is -0.140. The number of halogens is 3. The maximum absolute atomic E-state index is 13.6. The first-order chi connectivity index (χ1) is 31.7. The molecule has 14 nitrogen and oxygen atoms in total. The second kappa shape index (κ2) is 22.0. The van der Waals surface area contributed by atoms with Gasteiger partial charge in [-0.1, -0.05) is 18.1 Å². The first-order valence-corrected chi connectivity index (χ1v) is 21.2. The van der Waals surface area contributed by atoms with Crippen molar-refractivity contribution < 1.29 is 46.9 Å². The SMILES string of the molecule is CNC(=O)C(CCC=O)N(C)C=O.Cc1cc(OC2CN(CC#Cc3ccc(O)cn3)C2)ccc1C=O.Cn1c2ccncc2c2ccc(-c3cnc(OC4CCC4)c(C(F)(F)F)c3)cc21. The lowest BCUT2D eigenvalue weighted by Crippen LogP contribution is -2.53. The zero-order valence-corrected chi connectivity index (χ0v) is 36.9. The van der Waals surface area contributed by atoms with E-state index in [1.165, 1.54) is 31.4 Å². The summed E-state index contributed by atoms with van der Waals surface area (Å²) in [6.07, 6.45) is 7.12. The summed E-state index contributed by atoms with van der Waals surface area (Å²) < 4.78 is 54.3. The maximum Gasteiger partial charge on any atom is 0.421 e. The normalized spacial score (nSPS) is 14.1. The fourth-order valence-electron chi connectivity index (χ4n) is 7.25. The average molecular weight is 906 g/mol. The van der Waals surface area contributed by atoms with E-state index in [2.05, 4.69) is 37.0 Å². The van der Waals surface area contributed by atoms with E-state index in [9.17, 15) is 32.3 Å². The molecule has 6 aromatic rings. The highest BCUT2D eigenvalue weighted by atomic mass is 19.4. The summed E-state index contributed by atoms with van der Waals surface area (Å²) in [7, 11) is 4.94. The van der Waals surface area contributed by atoms with Crippen molar-refractivity contribution in [3.8, 4) is 40.3 Å². The molecule has 0 radical (unpaired) electrons. The molecule has 2 aliphatic rings. The van der Waals surface area contributed by atoms with Gasteiger partial charge in [0.05, 0.1) is 18.3 Å². The summed E-state index contributed by atoms with van der Waals surface area (Å²) >= 11 is 0. The number of nitrogens with one attached hydrogen (secondary N) is 1. The first-order valence-electron chi connectivity index (χ1n) is 21.2. The molecular formula is C49H50F3N7O7. The van der Waals surface area contributed by atoms with Crippen molar-refractivity contribution in [1.29, 1.82) is 0 Å². The van der Waals surface area contributed by atoms with E-state index in [0.717, 1.165) is 84.1 Å². The van der Waals surface area contributed by atoms with Gasteiger partial charge in [0.25, 0.3) is 0 Å². The van der Waals surface area contributed by atoms with Gasteiger partial charge in [-0.2, -0.15) is 13.2 Å². The molecule has 17 heteroatoms. The number of amides is 2. The van der Waals surface area contributed by atoms with E-state index < -0.39 is 17.8 Å². The number of aryl methyl sites for hydroxylation is 2. The van der Waals surface area contributed by atoms with Gasteiger partial charge in [-0.25, -0.2) is 9.97 Å². The van der Waals surface area contributed by atoms with E-state index in [1.54, 1.807) is 30.6 Å². The molecule has 2 fully saturated rings. The van der Waals surface area contributed by atoms with Gasteiger partial charge in [0, 0.05) is 86.7 Å². The van der Waals surface area contributed by atoms with Crippen LogP contribution in [0, 0.1) is 18.8 Å². The Morgan fingerprint density at radius 1 is 0.955 bits per heavy atom. The van der Waals surface area contributed by atoms with Gasteiger partial charge in [-0.05, 0) is 98.2 Å². The van der Waals surface area contributed by atoms with E-state index in [-0.39, 0.29) is 36.2 Å². The van der Waals surface area contributed by atoms with E-state index in [0.29, 0.717) is 41.8 Å². The third kappa shape index (κ3) is 12.1. The Kier molecular flexibility index (Phi) is 16.1. The highest BCUT2D eigenvalue weighted by Gasteiger charge is 2.37. The number of hydrogen-bond donors (Lipinski definition) is 2. The fraction of sp³-hybridized carbons (Fsp3) is 0.327. The van der Waals surface area contributed by atoms with Crippen LogP contribution >= 0.6 is 0 Å². The number of fused-ring (bicyclic) bond motifs is 3. The summed E-state index contributed by atoms with van der Waals surface area (Å²) in [6.45, 7) is 4.21. The Labute approximate surface area is 379 Å². The average Bonchev–Trinajstić information content (AvgIpc) is 3.57. The Hall–Kier alpha value is -7.32. The third-order valence-corrected chi connectivity index (χ3v) is 11.3. The summed E-state index contributed by atoms with van der Waals surface area (Å²) in [5, 5.41) is 13.6.